The van der Waals surface area contributed by atoms with Crippen molar-refractivity contribution in [2.75, 3.05) is 0 Å². The summed E-state index contributed by atoms with van der Waals surface area (Å²) in [7, 11) is 0. The Hall–Kier alpha value is -3.35. The number of ether oxygens (including phenoxy) is 1. The van der Waals surface area contributed by atoms with Gasteiger partial charge in [-0.1, -0.05) is 74.5 Å². The summed E-state index contributed by atoms with van der Waals surface area (Å²) in [5, 5.41) is 5.21. The minimum Gasteiger partial charge on any atom is -0.445 e. The average molecular weight is 397 g/mol. The monoisotopic (exact) mass is 397 g/mol. The van der Waals surface area contributed by atoms with Crippen molar-refractivity contribution in [2.45, 2.75) is 39.0 Å². The van der Waals surface area contributed by atoms with Crippen LogP contribution in [-0.2, 0) is 27.4 Å². The summed E-state index contributed by atoms with van der Waals surface area (Å²) >= 11 is 0. The van der Waals surface area contributed by atoms with Crippen LogP contribution in [0.4, 0.5) is 4.79 Å². The molecule has 4 N–H and O–H groups in total. The van der Waals surface area contributed by atoms with Crippen LogP contribution in [0.2, 0.25) is 0 Å². The highest BCUT2D eigenvalue weighted by Gasteiger charge is 2.28. The molecule has 0 aliphatic carbocycles. The lowest BCUT2D eigenvalue weighted by atomic mass is 10.0. The molecule has 2 aromatic rings. The van der Waals surface area contributed by atoms with E-state index >= 15 is 0 Å². The van der Waals surface area contributed by atoms with Crippen LogP contribution in [0, 0.1) is 5.92 Å². The quantitative estimate of drug-likeness (QED) is 0.602. The van der Waals surface area contributed by atoms with Gasteiger partial charge in [-0.25, -0.2) is 4.79 Å². The van der Waals surface area contributed by atoms with Gasteiger partial charge >= 0.3 is 6.09 Å². The molecule has 29 heavy (non-hydrogen) atoms. The fourth-order valence-electron chi connectivity index (χ4n) is 2.76. The van der Waals surface area contributed by atoms with Gasteiger partial charge in [-0.15, -0.1) is 0 Å². The number of amides is 3. The van der Waals surface area contributed by atoms with Gasteiger partial charge in [0.25, 0.3) is 0 Å². The molecule has 0 spiro atoms. The summed E-state index contributed by atoms with van der Waals surface area (Å²) in [4.78, 5) is 36.7. The predicted octanol–water partition coefficient (Wildman–Crippen LogP) is 2.15. The highest BCUT2D eigenvalue weighted by molar-refractivity contribution is 5.91. The maximum atomic E-state index is 12.7. The topological polar surface area (TPSA) is 111 Å². The van der Waals surface area contributed by atoms with Crippen molar-refractivity contribution >= 4 is 17.9 Å². The van der Waals surface area contributed by atoms with Crippen molar-refractivity contribution in [1.29, 1.82) is 0 Å². The van der Waals surface area contributed by atoms with Crippen LogP contribution < -0.4 is 16.4 Å². The smallest absolute Gasteiger partial charge is 0.408 e. The van der Waals surface area contributed by atoms with Gasteiger partial charge in [0.15, 0.2) is 0 Å². The molecule has 0 radical (unpaired) electrons. The van der Waals surface area contributed by atoms with Crippen molar-refractivity contribution in [3.8, 4) is 0 Å². The van der Waals surface area contributed by atoms with Crippen molar-refractivity contribution in [3.63, 3.8) is 0 Å². The fourth-order valence-corrected chi connectivity index (χ4v) is 2.76. The first kappa shape index (κ1) is 21.9. The molecule has 7 heteroatoms. The lowest BCUT2D eigenvalue weighted by Gasteiger charge is -2.24. The molecule has 0 saturated carbocycles. The highest BCUT2D eigenvalue weighted by atomic mass is 16.5. The molecule has 3 amide bonds. The fraction of sp³-hybridized carbons (Fsp3) is 0.318. The van der Waals surface area contributed by atoms with Crippen molar-refractivity contribution in [3.05, 3.63) is 71.8 Å². The van der Waals surface area contributed by atoms with Gasteiger partial charge in [0.05, 0.1) is 0 Å². The van der Waals surface area contributed by atoms with Crippen LogP contribution in [0.5, 0.6) is 0 Å². The first-order chi connectivity index (χ1) is 13.9. The van der Waals surface area contributed by atoms with Crippen LogP contribution in [0.1, 0.15) is 25.0 Å². The number of primary amides is 1. The number of carbonyl (C=O) groups excluding carboxylic acids is 3. The Labute approximate surface area is 170 Å². The zero-order chi connectivity index (χ0) is 21.2. The molecule has 2 atom stereocenters. The zero-order valence-corrected chi connectivity index (χ0v) is 16.6. The Morgan fingerprint density at radius 2 is 1.45 bits per heavy atom. The summed E-state index contributed by atoms with van der Waals surface area (Å²) in [5.41, 5.74) is 7.16. The van der Waals surface area contributed by atoms with Gasteiger partial charge in [-0.2, -0.15) is 0 Å². The van der Waals surface area contributed by atoms with Crippen LogP contribution >= 0.6 is 0 Å². The van der Waals surface area contributed by atoms with E-state index in [1.165, 1.54) is 0 Å². The largest absolute Gasteiger partial charge is 0.445 e. The highest BCUT2D eigenvalue weighted by Crippen LogP contribution is 2.07. The van der Waals surface area contributed by atoms with Crippen molar-refractivity contribution in [2.24, 2.45) is 11.7 Å². The molecule has 0 saturated heterocycles. The molecular formula is C22H27N3O4. The second-order valence-electron chi connectivity index (χ2n) is 7.08. The number of hydrogen-bond acceptors (Lipinski definition) is 4. The Morgan fingerprint density at radius 1 is 0.897 bits per heavy atom. The van der Waals surface area contributed by atoms with Crippen LogP contribution in [0.15, 0.2) is 60.7 Å². The summed E-state index contributed by atoms with van der Waals surface area (Å²) in [5.74, 6) is -1.35. The van der Waals surface area contributed by atoms with E-state index in [9.17, 15) is 14.4 Å². The maximum Gasteiger partial charge on any atom is 0.408 e. The van der Waals surface area contributed by atoms with E-state index < -0.39 is 30.0 Å². The number of nitrogens with one attached hydrogen (secondary N) is 2. The second kappa shape index (κ2) is 10.8. The predicted molar refractivity (Wildman–Crippen MR) is 110 cm³/mol. The van der Waals surface area contributed by atoms with Gasteiger partial charge in [0.1, 0.15) is 18.7 Å². The molecule has 0 aliphatic rings. The van der Waals surface area contributed by atoms with Crippen molar-refractivity contribution < 1.29 is 19.1 Å². The molecular weight excluding hydrogens is 370 g/mol. The minimum atomic E-state index is -0.881. The van der Waals surface area contributed by atoms with Crippen LogP contribution in [0.25, 0.3) is 0 Å². The number of alkyl carbamates (subject to hydrolysis) is 1. The second-order valence-corrected chi connectivity index (χ2v) is 7.08. The number of carbonyl (C=O) groups is 3. The van der Waals surface area contributed by atoms with E-state index in [2.05, 4.69) is 10.6 Å². The average Bonchev–Trinajstić information content (AvgIpc) is 2.71. The number of hydrogen-bond donors (Lipinski definition) is 3. The lowest BCUT2D eigenvalue weighted by molar-refractivity contribution is -0.129. The van der Waals surface area contributed by atoms with E-state index in [0.717, 1.165) is 11.1 Å². The third-order valence-electron chi connectivity index (χ3n) is 4.38. The van der Waals surface area contributed by atoms with Gasteiger partial charge < -0.3 is 21.1 Å². The van der Waals surface area contributed by atoms with E-state index in [4.69, 9.17) is 10.5 Å². The number of benzene rings is 2. The Balaban J connectivity index is 1.96. The first-order valence-electron chi connectivity index (χ1n) is 9.47. The lowest BCUT2D eigenvalue weighted by Crippen LogP contribution is -2.55. The van der Waals surface area contributed by atoms with Crippen molar-refractivity contribution in [1.82, 2.24) is 10.6 Å². The molecule has 0 unspecified atom stereocenters. The molecule has 154 valence electrons. The SMILES string of the molecule is CC(C)[C@H](NC(=O)OCc1ccccc1)C(=O)N[C@H](Cc1ccccc1)C(N)=O. The maximum absolute atomic E-state index is 12.7. The van der Waals surface area contributed by atoms with Crippen LogP contribution in [-0.4, -0.2) is 30.0 Å². The summed E-state index contributed by atoms with van der Waals surface area (Å²) in [6.45, 7) is 3.67. The molecule has 7 nitrogen and oxygen atoms in total. The van der Waals surface area contributed by atoms with Gasteiger partial charge in [0.2, 0.25) is 11.8 Å². The summed E-state index contributed by atoms with van der Waals surface area (Å²) in [6, 6.07) is 16.7. The van der Waals surface area contributed by atoms with E-state index in [0.29, 0.717) is 0 Å². The molecule has 0 aromatic heterocycles. The summed E-state index contributed by atoms with van der Waals surface area (Å²) in [6.07, 6.45) is -0.438. The minimum absolute atomic E-state index is 0.0943. The van der Waals surface area contributed by atoms with Gasteiger partial charge in [0, 0.05) is 6.42 Å². The summed E-state index contributed by atoms with van der Waals surface area (Å²) < 4.78 is 5.19. The Morgan fingerprint density at radius 3 is 1.97 bits per heavy atom. The Kier molecular flexibility index (Phi) is 8.21. The van der Waals surface area contributed by atoms with Crippen LogP contribution in [0.3, 0.4) is 0 Å². The number of nitrogens with two attached hydrogens (primary N) is 1. The normalized spacial score (nSPS) is 12.7. The molecule has 2 aromatic carbocycles. The van der Waals surface area contributed by atoms with E-state index in [-0.39, 0.29) is 18.9 Å². The molecule has 0 aliphatic heterocycles. The molecule has 2 rings (SSSR count). The molecule has 0 heterocycles. The third-order valence-corrected chi connectivity index (χ3v) is 4.38. The Bertz CT molecular complexity index is 809. The number of rotatable bonds is 9. The first-order valence-corrected chi connectivity index (χ1v) is 9.47. The molecule has 0 bridgehead atoms. The van der Waals surface area contributed by atoms with E-state index in [1.807, 2.05) is 60.7 Å². The zero-order valence-electron chi connectivity index (χ0n) is 16.6. The van der Waals surface area contributed by atoms with E-state index in [1.54, 1.807) is 13.8 Å². The standard InChI is InChI=1S/C22H27N3O4/c1-15(2)19(25-22(28)29-14-17-11-7-4-8-12-17)21(27)24-18(20(23)26)13-16-9-5-3-6-10-16/h3-12,15,18-19H,13-14H2,1-2H3,(H2,23,26)(H,24,27)(H,25,28)/t18-,19+/m1/s1. The van der Waals surface area contributed by atoms with Gasteiger partial charge in [-0.05, 0) is 17.0 Å². The van der Waals surface area contributed by atoms with Gasteiger partial charge in [-0.3, -0.25) is 9.59 Å². The third kappa shape index (κ3) is 7.29. The molecule has 0 fully saturated rings.